The normalized spacial score (nSPS) is 12.1. The number of nitrogens with two attached hydrogens (primary N) is 1. The van der Waals surface area contributed by atoms with Crippen molar-refractivity contribution in [3.8, 4) is 5.75 Å². The number of para-hydroxylation sites is 2. The predicted molar refractivity (Wildman–Crippen MR) is 155 cm³/mol. The number of ketones is 1. The van der Waals surface area contributed by atoms with Crippen molar-refractivity contribution in [1.29, 1.82) is 0 Å². The standard InChI is InChI=1S/C28H27Br2N3O5/c1-16(34)17-8-10-19(11-9-17)32-27(37)38-26(20-14-18(29)15-21(30)25(20)36)28(2,3)13-12-24(35)33-23-7-5-4-6-22(23)31/h4-15,26,36H,31H2,1-3H3,(H,32,37)(H,33,35)/b13-12+/t26-/m1/s1. The van der Waals surface area contributed by atoms with Crippen molar-refractivity contribution in [3.63, 3.8) is 0 Å². The lowest BCUT2D eigenvalue weighted by Crippen LogP contribution is -2.28. The number of benzene rings is 3. The molecule has 2 amide bonds. The highest BCUT2D eigenvalue weighted by Gasteiger charge is 2.35. The van der Waals surface area contributed by atoms with E-state index in [2.05, 4.69) is 42.5 Å². The second-order valence-electron chi connectivity index (χ2n) is 9.10. The molecule has 10 heteroatoms. The van der Waals surface area contributed by atoms with Gasteiger partial charge in [-0.1, -0.05) is 48.0 Å². The second kappa shape index (κ2) is 12.3. The lowest BCUT2D eigenvalue weighted by Gasteiger charge is -2.32. The van der Waals surface area contributed by atoms with Crippen molar-refractivity contribution in [3.05, 3.63) is 92.9 Å². The lowest BCUT2D eigenvalue weighted by atomic mass is 9.81. The zero-order chi connectivity index (χ0) is 28.0. The van der Waals surface area contributed by atoms with Gasteiger partial charge in [0.25, 0.3) is 0 Å². The van der Waals surface area contributed by atoms with Crippen LogP contribution in [0, 0.1) is 5.41 Å². The molecule has 0 bridgehead atoms. The maximum Gasteiger partial charge on any atom is 0.412 e. The van der Waals surface area contributed by atoms with Crippen molar-refractivity contribution < 1.29 is 24.2 Å². The largest absolute Gasteiger partial charge is 0.506 e. The molecule has 3 aromatic rings. The summed E-state index contributed by atoms with van der Waals surface area (Å²) in [4.78, 5) is 37.1. The number of phenolic OH excluding ortho intramolecular Hbond substituents is 1. The molecule has 0 heterocycles. The van der Waals surface area contributed by atoms with Gasteiger partial charge in [-0.3, -0.25) is 14.9 Å². The van der Waals surface area contributed by atoms with Gasteiger partial charge < -0.3 is 20.9 Å². The smallest absolute Gasteiger partial charge is 0.412 e. The molecule has 0 saturated carbocycles. The number of phenols is 1. The summed E-state index contributed by atoms with van der Waals surface area (Å²) in [5, 5.41) is 16.2. The van der Waals surface area contributed by atoms with Gasteiger partial charge in [0, 0.05) is 26.7 Å². The maximum absolute atomic E-state index is 12.9. The van der Waals surface area contributed by atoms with Crippen molar-refractivity contribution in [2.24, 2.45) is 5.41 Å². The third-order valence-corrected chi connectivity index (χ3v) is 6.72. The SMILES string of the molecule is CC(=O)c1ccc(NC(=O)O[C@H](c2cc(Br)cc(Br)c2O)C(C)(C)/C=C/C(=O)Nc2ccccc2N)cc1. The van der Waals surface area contributed by atoms with Crippen LogP contribution in [0.25, 0.3) is 0 Å². The molecule has 0 aliphatic heterocycles. The Labute approximate surface area is 237 Å². The summed E-state index contributed by atoms with van der Waals surface area (Å²) in [7, 11) is 0. The number of carbonyl (C=O) groups is 3. The zero-order valence-electron chi connectivity index (χ0n) is 20.9. The number of carbonyl (C=O) groups excluding carboxylic acids is 3. The van der Waals surface area contributed by atoms with E-state index in [0.29, 0.717) is 37.1 Å². The number of hydrogen-bond acceptors (Lipinski definition) is 6. The van der Waals surface area contributed by atoms with E-state index in [1.54, 1.807) is 80.6 Å². The van der Waals surface area contributed by atoms with Gasteiger partial charge in [-0.05, 0) is 77.5 Å². The Morgan fingerprint density at radius 1 is 1.03 bits per heavy atom. The van der Waals surface area contributed by atoms with Gasteiger partial charge in [0.1, 0.15) is 11.9 Å². The van der Waals surface area contributed by atoms with Gasteiger partial charge in [0.2, 0.25) is 5.91 Å². The molecule has 0 unspecified atom stereocenters. The number of ether oxygens (including phenoxy) is 1. The molecule has 0 radical (unpaired) electrons. The van der Waals surface area contributed by atoms with Gasteiger partial charge >= 0.3 is 6.09 Å². The number of nitrogen functional groups attached to an aromatic ring is 1. The van der Waals surface area contributed by atoms with Crippen LogP contribution in [0.15, 0.2) is 81.8 Å². The molecule has 0 saturated heterocycles. The van der Waals surface area contributed by atoms with E-state index in [1.807, 2.05) is 0 Å². The molecule has 0 spiro atoms. The summed E-state index contributed by atoms with van der Waals surface area (Å²) in [6, 6.07) is 16.5. The van der Waals surface area contributed by atoms with Gasteiger partial charge in [-0.25, -0.2) is 4.79 Å². The average Bonchev–Trinajstić information content (AvgIpc) is 2.85. The maximum atomic E-state index is 12.9. The minimum Gasteiger partial charge on any atom is -0.506 e. The molecular formula is C28H27Br2N3O5. The topological polar surface area (TPSA) is 131 Å². The molecule has 0 aliphatic carbocycles. The zero-order valence-corrected chi connectivity index (χ0v) is 24.1. The van der Waals surface area contributed by atoms with Crippen molar-refractivity contribution in [2.75, 3.05) is 16.4 Å². The lowest BCUT2D eigenvalue weighted by molar-refractivity contribution is -0.112. The number of amides is 2. The molecule has 0 fully saturated rings. The molecule has 3 aromatic carbocycles. The van der Waals surface area contributed by atoms with Gasteiger partial charge in [0.15, 0.2) is 5.78 Å². The van der Waals surface area contributed by atoms with Crippen LogP contribution in [0.2, 0.25) is 0 Å². The fourth-order valence-corrected chi connectivity index (χ4v) is 4.87. The van der Waals surface area contributed by atoms with E-state index in [9.17, 15) is 19.5 Å². The van der Waals surface area contributed by atoms with Crippen LogP contribution in [-0.2, 0) is 9.53 Å². The summed E-state index contributed by atoms with van der Waals surface area (Å²) < 4.78 is 6.86. The van der Waals surface area contributed by atoms with Crippen LogP contribution in [0.5, 0.6) is 5.75 Å². The van der Waals surface area contributed by atoms with Crippen LogP contribution in [0.4, 0.5) is 21.9 Å². The molecule has 198 valence electrons. The summed E-state index contributed by atoms with van der Waals surface area (Å²) >= 11 is 6.73. The average molecular weight is 645 g/mol. The van der Waals surface area contributed by atoms with Crippen molar-refractivity contribution >= 4 is 66.7 Å². The van der Waals surface area contributed by atoms with Crippen molar-refractivity contribution in [1.82, 2.24) is 0 Å². The molecule has 8 nitrogen and oxygen atoms in total. The Balaban J connectivity index is 1.88. The summed E-state index contributed by atoms with van der Waals surface area (Å²) in [5.41, 5.74) is 7.08. The third-order valence-electron chi connectivity index (χ3n) is 5.66. The van der Waals surface area contributed by atoms with E-state index in [1.165, 1.54) is 13.0 Å². The van der Waals surface area contributed by atoms with Crippen LogP contribution in [0.3, 0.4) is 0 Å². The Morgan fingerprint density at radius 3 is 2.32 bits per heavy atom. The van der Waals surface area contributed by atoms with Crippen LogP contribution in [0.1, 0.15) is 42.8 Å². The van der Waals surface area contributed by atoms with Crippen LogP contribution < -0.4 is 16.4 Å². The quantitative estimate of drug-likeness (QED) is 0.116. The Hall–Kier alpha value is -3.63. The minimum absolute atomic E-state index is 0.0950. The molecular weight excluding hydrogens is 618 g/mol. The van der Waals surface area contributed by atoms with Crippen LogP contribution in [-0.4, -0.2) is 22.9 Å². The van der Waals surface area contributed by atoms with E-state index in [0.717, 1.165) is 0 Å². The molecule has 0 aliphatic rings. The molecule has 5 N–H and O–H groups in total. The van der Waals surface area contributed by atoms with Gasteiger partial charge in [-0.15, -0.1) is 0 Å². The Bertz CT molecular complexity index is 1390. The summed E-state index contributed by atoms with van der Waals surface area (Å²) in [5.74, 6) is -0.633. The van der Waals surface area contributed by atoms with E-state index < -0.39 is 23.5 Å². The van der Waals surface area contributed by atoms with E-state index >= 15 is 0 Å². The first-order chi connectivity index (χ1) is 17.9. The number of rotatable bonds is 8. The third kappa shape index (κ3) is 7.45. The summed E-state index contributed by atoms with van der Waals surface area (Å²) in [6.45, 7) is 4.98. The monoisotopic (exact) mass is 643 g/mol. The number of halogens is 2. The second-order valence-corrected chi connectivity index (χ2v) is 10.9. The van der Waals surface area contributed by atoms with E-state index in [-0.39, 0.29) is 11.5 Å². The summed E-state index contributed by atoms with van der Waals surface area (Å²) in [6.07, 6.45) is 1.11. The van der Waals surface area contributed by atoms with Crippen LogP contribution >= 0.6 is 31.9 Å². The Morgan fingerprint density at radius 2 is 1.68 bits per heavy atom. The number of nitrogens with one attached hydrogen (secondary N) is 2. The predicted octanol–water partition coefficient (Wildman–Crippen LogP) is 7.21. The first-order valence-corrected chi connectivity index (χ1v) is 13.1. The number of aromatic hydroxyl groups is 1. The van der Waals surface area contributed by atoms with Crippen molar-refractivity contribution in [2.45, 2.75) is 26.9 Å². The molecule has 1 atom stereocenters. The minimum atomic E-state index is -1.02. The highest BCUT2D eigenvalue weighted by molar-refractivity contribution is 9.11. The molecule has 0 aromatic heterocycles. The number of hydrogen-bond donors (Lipinski definition) is 4. The highest BCUT2D eigenvalue weighted by Crippen LogP contribution is 2.45. The Kier molecular flexibility index (Phi) is 9.35. The van der Waals surface area contributed by atoms with Gasteiger partial charge in [0.05, 0.1) is 15.8 Å². The number of Topliss-reactive ketones (excluding diaryl/α,β-unsaturated/α-hetero) is 1. The van der Waals surface area contributed by atoms with E-state index in [4.69, 9.17) is 10.5 Å². The first kappa shape index (κ1) is 28.9. The molecule has 3 rings (SSSR count). The molecule has 38 heavy (non-hydrogen) atoms. The van der Waals surface area contributed by atoms with Gasteiger partial charge in [-0.2, -0.15) is 0 Å². The fourth-order valence-electron chi connectivity index (χ4n) is 3.61. The highest BCUT2D eigenvalue weighted by atomic mass is 79.9. The first-order valence-electron chi connectivity index (χ1n) is 11.5. The number of anilines is 3. The fraction of sp³-hybridized carbons (Fsp3) is 0.179.